The van der Waals surface area contributed by atoms with Gasteiger partial charge in [-0.3, -0.25) is 9.59 Å². The molecule has 0 aromatic carbocycles. The number of carbonyl (C=O) groups is 2. The fourth-order valence-electron chi connectivity index (χ4n) is 2.41. The molecule has 0 spiro atoms. The Morgan fingerprint density at radius 3 is 2.37 bits per heavy atom. The van der Waals surface area contributed by atoms with Crippen LogP contribution in [0.3, 0.4) is 0 Å². The number of amides is 2. The number of nitrogens with one attached hydrogen (secondary N) is 1. The van der Waals surface area contributed by atoms with Crippen molar-refractivity contribution in [2.45, 2.75) is 64.7 Å². The number of unbranched alkanes of at least 4 members (excludes halogenated alkanes) is 4. The highest BCUT2D eigenvalue weighted by molar-refractivity contribution is 5.79. The van der Waals surface area contributed by atoms with Gasteiger partial charge in [0.2, 0.25) is 11.8 Å². The fourth-order valence-corrected chi connectivity index (χ4v) is 2.41. The largest absolute Gasteiger partial charge is 0.356 e. The highest BCUT2D eigenvalue weighted by Crippen LogP contribution is 2.08. The van der Waals surface area contributed by atoms with Crippen LogP contribution < -0.4 is 5.32 Å². The lowest BCUT2D eigenvalue weighted by atomic mass is 10.1. The van der Waals surface area contributed by atoms with Crippen molar-refractivity contribution in [3.05, 3.63) is 0 Å². The number of nitrogens with zero attached hydrogens (tertiary/aromatic N) is 1. The molecule has 0 aliphatic carbocycles. The molecule has 4 nitrogen and oxygen atoms in total. The van der Waals surface area contributed by atoms with Crippen molar-refractivity contribution in [3.63, 3.8) is 0 Å². The summed E-state index contributed by atoms with van der Waals surface area (Å²) in [6.07, 6.45) is 9.09. The first kappa shape index (κ1) is 16.0. The molecule has 0 saturated carbocycles. The number of hydrogen-bond donors (Lipinski definition) is 1. The lowest BCUT2D eigenvalue weighted by Gasteiger charge is -2.15. The Morgan fingerprint density at radius 1 is 1.00 bits per heavy atom. The Labute approximate surface area is 116 Å². The molecule has 0 atom stereocenters. The summed E-state index contributed by atoms with van der Waals surface area (Å²) in [6, 6.07) is 0. The van der Waals surface area contributed by atoms with E-state index < -0.39 is 0 Å². The molecule has 110 valence electrons. The maximum absolute atomic E-state index is 11.7. The van der Waals surface area contributed by atoms with Crippen LogP contribution in [0.15, 0.2) is 0 Å². The highest BCUT2D eigenvalue weighted by atomic mass is 16.2. The van der Waals surface area contributed by atoms with E-state index in [-0.39, 0.29) is 11.8 Å². The summed E-state index contributed by atoms with van der Waals surface area (Å²) < 4.78 is 0. The normalized spacial score (nSPS) is 14.7. The molecule has 4 heteroatoms. The molecule has 1 saturated heterocycles. The second-order valence-electron chi connectivity index (χ2n) is 5.35. The minimum Gasteiger partial charge on any atom is -0.356 e. The maximum Gasteiger partial charge on any atom is 0.224 e. The molecular weight excluding hydrogens is 240 g/mol. The average molecular weight is 268 g/mol. The molecule has 1 aliphatic heterocycles. The van der Waals surface area contributed by atoms with Crippen molar-refractivity contribution in [1.82, 2.24) is 10.2 Å². The van der Waals surface area contributed by atoms with Crippen molar-refractivity contribution in [1.29, 1.82) is 0 Å². The van der Waals surface area contributed by atoms with Gasteiger partial charge in [0.05, 0.1) is 0 Å². The van der Waals surface area contributed by atoms with Crippen LogP contribution in [-0.2, 0) is 9.59 Å². The second kappa shape index (κ2) is 9.82. The van der Waals surface area contributed by atoms with E-state index in [1.54, 1.807) is 0 Å². The quantitative estimate of drug-likeness (QED) is 0.653. The standard InChI is InChI=1S/C15H28N2O2/c1-2-3-4-5-6-9-14(18)16-11-10-15(19)17-12-7-8-13-17/h2-13H2,1H3,(H,16,18). The minimum absolute atomic E-state index is 0.0886. The van der Waals surface area contributed by atoms with E-state index in [0.29, 0.717) is 19.4 Å². The molecule has 2 amide bonds. The molecule has 19 heavy (non-hydrogen) atoms. The Balaban J connectivity index is 1.96. The zero-order chi connectivity index (χ0) is 13.9. The van der Waals surface area contributed by atoms with Gasteiger partial charge in [0.25, 0.3) is 0 Å². The number of rotatable bonds is 9. The summed E-state index contributed by atoms with van der Waals surface area (Å²) in [5.74, 6) is 0.270. The molecule has 1 heterocycles. The minimum atomic E-state index is 0.0886. The average Bonchev–Trinajstić information content (AvgIpc) is 2.92. The Morgan fingerprint density at radius 2 is 1.68 bits per heavy atom. The molecule has 1 rings (SSSR count). The molecule has 0 radical (unpaired) electrons. The van der Waals surface area contributed by atoms with Crippen LogP contribution in [0.2, 0.25) is 0 Å². The lowest BCUT2D eigenvalue weighted by Crippen LogP contribution is -2.32. The van der Waals surface area contributed by atoms with Crippen LogP contribution in [0, 0.1) is 0 Å². The van der Waals surface area contributed by atoms with Crippen molar-refractivity contribution in [2.24, 2.45) is 0 Å². The van der Waals surface area contributed by atoms with E-state index in [2.05, 4.69) is 12.2 Å². The molecule has 0 unspecified atom stereocenters. The zero-order valence-corrected chi connectivity index (χ0v) is 12.2. The molecular formula is C15H28N2O2. The molecule has 0 bridgehead atoms. The van der Waals surface area contributed by atoms with Gasteiger partial charge in [0.15, 0.2) is 0 Å². The summed E-state index contributed by atoms with van der Waals surface area (Å²) >= 11 is 0. The monoisotopic (exact) mass is 268 g/mol. The van der Waals surface area contributed by atoms with Gasteiger partial charge in [0, 0.05) is 32.5 Å². The Hall–Kier alpha value is -1.06. The maximum atomic E-state index is 11.7. The Kier molecular flexibility index (Phi) is 8.26. The smallest absolute Gasteiger partial charge is 0.224 e. The van der Waals surface area contributed by atoms with Crippen LogP contribution >= 0.6 is 0 Å². The van der Waals surface area contributed by atoms with Crippen molar-refractivity contribution in [3.8, 4) is 0 Å². The van der Waals surface area contributed by atoms with E-state index in [1.165, 1.54) is 19.3 Å². The first-order valence-corrected chi connectivity index (χ1v) is 7.78. The van der Waals surface area contributed by atoms with Gasteiger partial charge < -0.3 is 10.2 Å². The number of carbonyl (C=O) groups excluding carboxylic acids is 2. The third-order valence-corrected chi connectivity index (χ3v) is 3.63. The van der Waals surface area contributed by atoms with Gasteiger partial charge in [-0.2, -0.15) is 0 Å². The van der Waals surface area contributed by atoms with E-state index in [9.17, 15) is 9.59 Å². The molecule has 1 N–H and O–H groups in total. The van der Waals surface area contributed by atoms with Crippen LogP contribution in [-0.4, -0.2) is 36.3 Å². The van der Waals surface area contributed by atoms with Gasteiger partial charge in [-0.15, -0.1) is 0 Å². The van der Waals surface area contributed by atoms with Crippen LogP contribution in [0.5, 0.6) is 0 Å². The Bertz CT molecular complexity index is 273. The summed E-state index contributed by atoms with van der Waals surface area (Å²) in [4.78, 5) is 25.2. The molecule has 0 aromatic rings. The predicted octanol–water partition coefficient (Wildman–Crippen LogP) is 2.48. The van der Waals surface area contributed by atoms with Crippen molar-refractivity contribution >= 4 is 11.8 Å². The lowest BCUT2D eigenvalue weighted by molar-refractivity contribution is -0.130. The van der Waals surface area contributed by atoms with E-state index in [0.717, 1.165) is 38.8 Å². The van der Waals surface area contributed by atoms with Gasteiger partial charge in [0.1, 0.15) is 0 Å². The van der Waals surface area contributed by atoms with Gasteiger partial charge in [-0.1, -0.05) is 32.6 Å². The third kappa shape index (κ3) is 7.19. The van der Waals surface area contributed by atoms with Crippen LogP contribution in [0.1, 0.15) is 64.7 Å². The topological polar surface area (TPSA) is 49.4 Å². The van der Waals surface area contributed by atoms with Crippen LogP contribution in [0.4, 0.5) is 0 Å². The number of likely N-dealkylation sites (tertiary alicyclic amines) is 1. The fraction of sp³-hybridized carbons (Fsp3) is 0.867. The number of hydrogen-bond acceptors (Lipinski definition) is 2. The second-order valence-corrected chi connectivity index (χ2v) is 5.35. The zero-order valence-electron chi connectivity index (χ0n) is 12.2. The molecule has 1 aliphatic rings. The first-order chi connectivity index (χ1) is 9.24. The first-order valence-electron chi connectivity index (χ1n) is 7.78. The van der Waals surface area contributed by atoms with E-state index in [1.807, 2.05) is 4.90 Å². The van der Waals surface area contributed by atoms with E-state index >= 15 is 0 Å². The third-order valence-electron chi connectivity index (χ3n) is 3.63. The summed E-state index contributed by atoms with van der Waals surface area (Å²) in [7, 11) is 0. The molecule has 0 aromatic heterocycles. The SMILES string of the molecule is CCCCCCCC(=O)NCCC(=O)N1CCCC1. The summed E-state index contributed by atoms with van der Waals surface area (Å²) in [6.45, 7) is 4.46. The molecule has 1 fully saturated rings. The van der Waals surface area contributed by atoms with Gasteiger partial charge in [-0.05, 0) is 19.3 Å². The predicted molar refractivity (Wildman–Crippen MR) is 76.8 cm³/mol. The highest BCUT2D eigenvalue weighted by Gasteiger charge is 2.17. The van der Waals surface area contributed by atoms with Crippen molar-refractivity contribution in [2.75, 3.05) is 19.6 Å². The van der Waals surface area contributed by atoms with Gasteiger partial charge in [-0.25, -0.2) is 0 Å². The summed E-state index contributed by atoms with van der Waals surface area (Å²) in [5.41, 5.74) is 0. The van der Waals surface area contributed by atoms with E-state index in [4.69, 9.17) is 0 Å². The summed E-state index contributed by atoms with van der Waals surface area (Å²) in [5, 5.41) is 2.84. The van der Waals surface area contributed by atoms with Gasteiger partial charge >= 0.3 is 0 Å². The van der Waals surface area contributed by atoms with Crippen molar-refractivity contribution < 1.29 is 9.59 Å². The van der Waals surface area contributed by atoms with Crippen LogP contribution in [0.25, 0.3) is 0 Å².